The van der Waals surface area contributed by atoms with Gasteiger partial charge < -0.3 is 0 Å². The Hall–Kier alpha value is -2.17. The van der Waals surface area contributed by atoms with Gasteiger partial charge in [-0.05, 0) is 49.9 Å². The van der Waals surface area contributed by atoms with Crippen LogP contribution in [-0.4, -0.2) is 20.3 Å². The molecular formula is C21H22ClN3O. The van der Waals surface area contributed by atoms with Gasteiger partial charge in [0.15, 0.2) is 0 Å². The maximum Gasteiger partial charge on any atom is 0.258 e. The zero-order chi connectivity index (χ0) is 18.3. The van der Waals surface area contributed by atoms with E-state index in [9.17, 15) is 4.79 Å². The van der Waals surface area contributed by atoms with Crippen molar-refractivity contribution in [1.82, 2.24) is 14.3 Å². The second-order valence-electron chi connectivity index (χ2n) is 7.12. The number of benzene rings is 1. The van der Waals surface area contributed by atoms with E-state index in [1.165, 1.54) is 12.8 Å². The topological polar surface area (TPSA) is 37.6 Å². The van der Waals surface area contributed by atoms with Crippen LogP contribution in [0.1, 0.15) is 42.6 Å². The van der Waals surface area contributed by atoms with E-state index < -0.39 is 0 Å². The molecule has 1 aliphatic carbocycles. The minimum Gasteiger partial charge on any atom is -0.288 e. The fraction of sp³-hybridized carbons (Fsp3) is 0.333. The Morgan fingerprint density at radius 3 is 2.77 bits per heavy atom. The summed E-state index contributed by atoms with van der Waals surface area (Å²) in [5, 5.41) is 0.785. The monoisotopic (exact) mass is 367 g/mol. The van der Waals surface area contributed by atoms with Gasteiger partial charge in [-0.1, -0.05) is 35.9 Å². The fourth-order valence-corrected chi connectivity index (χ4v) is 3.80. The van der Waals surface area contributed by atoms with Crippen LogP contribution in [0.15, 0.2) is 53.5 Å². The molecule has 5 heteroatoms. The summed E-state index contributed by atoms with van der Waals surface area (Å²) in [4.78, 5) is 19.6. The third kappa shape index (κ3) is 3.39. The van der Waals surface area contributed by atoms with Gasteiger partial charge in [-0.2, -0.15) is 0 Å². The molecule has 1 saturated carbocycles. The molecular weight excluding hydrogens is 346 g/mol. The maximum absolute atomic E-state index is 12.5. The van der Waals surface area contributed by atoms with E-state index in [4.69, 9.17) is 16.6 Å². The van der Waals surface area contributed by atoms with Crippen molar-refractivity contribution in [2.24, 2.45) is 0 Å². The van der Waals surface area contributed by atoms with Gasteiger partial charge in [0.2, 0.25) is 0 Å². The molecule has 0 radical (unpaired) electrons. The van der Waals surface area contributed by atoms with E-state index in [-0.39, 0.29) is 11.6 Å². The van der Waals surface area contributed by atoms with Gasteiger partial charge in [0.25, 0.3) is 5.56 Å². The van der Waals surface area contributed by atoms with Crippen molar-refractivity contribution in [3.63, 3.8) is 0 Å². The molecule has 2 heterocycles. The summed E-state index contributed by atoms with van der Waals surface area (Å²) in [6.07, 6.45) is 4.20. The summed E-state index contributed by atoms with van der Waals surface area (Å²) < 4.78 is 1.61. The molecule has 1 aromatic carbocycles. The standard InChI is InChI=1S/C21H22ClN3O/c1-14-7-10-20-23-16(11-21(26)25(20)12-14)13-24(17-8-9-17)15(2)18-5-3-4-6-19(18)22/h3-7,10-12,15,17H,8-9,13H2,1-2H3. The number of pyridine rings is 1. The van der Waals surface area contributed by atoms with Crippen molar-refractivity contribution in [1.29, 1.82) is 0 Å². The average Bonchev–Trinajstić information content (AvgIpc) is 3.45. The van der Waals surface area contributed by atoms with Gasteiger partial charge in [0.1, 0.15) is 5.65 Å². The van der Waals surface area contributed by atoms with E-state index in [0.29, 0.717) is 18.2 Å². The highest BCUT2D eigenvalue weighted by Crippen LogP contribution is 2.37. The highest BCUT2D eigenvalue weighted by molar-refractivity contribution is 6.31. The lowest BCUT2D eigenvalue weighted by molar-refractivity contribution is 0.188. The first kappa shape index (κ1) is 17.3. The maximum atomic E-state index is 12.5. The van der Waals surface area contributed by atoms with Gasteiger partial charge in [0.05, 0.1) is 5.69 Å². The van der Waals surface area contributed by atoms with Gasteiger partial charge in [0, 0.05) is 35.9 Å². The van der Waals surface area contributed by atoms with Crippen LogP contribution in [0.5, 0.6) is 0 Å². The molecule has 1 aliphatic rings. The summed E-state index contributed by atoms with van der Waals surface area (Å²) in [6, 6.07) is 14.2. The second-order valence-corrected chi connectivity index (χ2v) is 7.53. The van der Waals surface area contributed by atoms with Crippen molar-refractivity contribution >= 4 is 17.2 Å². The van der Waals surface area contributed by atoms with Crippen molar-refractivity contribution in [2.75, 3.05) is 0 Å². The Balaban J connectivity index is 1.67. The van der Waals surface area contributed by atoms with E-state index in [1.54, 1.807) is 10.5 Å². The van der Waals surface area contributed by atoms with E-state index >= 15 is 0 Å². The minimum absolute atomic E-state index is 0.0326. The van der Waals surface area contributed by atoms with Crippen LogP contribution in [0.4, 0.5) is 0 Å². The number of fused-ring (bicyclic) bond motifs is 1. The largest absolute Gasteiger partial charge is 0.288 e. The number of hydrogen-bond donors (Lipinski definition) is 0. The predicted octanol–water partition coefficient (Wildman–Crippen LogP) is 4.38. The summed E-state index contributed by atoms with van der Waals surface area (Å²) in [5.74, 6) is 0. The van der Waals surface area contributed by atoms with Gasteiger partial charge in [-0.25, -0.2) is 4.98 Å². The van der Waals surface area contributed by atoms with Crippen LogP contribution in [0.2, 0.25) is 5.02 Å². The van der Waals surface area contributed by atoms with Crippen LogP contribution < -0.4 is 5.56 Å². The van der Waals surface area contributed by atoms with Crippen LogP contribution in [0, 0.1) is 6.92 Å². The smallest absolute Gasteiger partial charge is 0.258 e. The zero-order valence-corrected chi connectivity index (χ0v) is 15.8. The highest BCUT2D eigenvalue weighted by atomic mass is 35.5. The van der Waals surface area contributed by atoms with Crippen LogP contribution in [-0.2, 0) is 6.54 Å². The normalized spacial score (nSPS) is 15.5. The van der Waals surface area contributed by atoms with Crippen molar-refractivity contribution in [3.05, 3.63) is 80.9 Å². The lowest BCUT2D eigenvalue weighted by Gasteiger charge is -2.29. The number of rotatable bonds is 5. The Morgan fingerprint density at radius 1 is 1.27 bits per heavy atom. The van der Waals surface area contributed by atoms with Crippen LogP contribution >= 0.6 is 11.6 Å². The first-order chi connectivity index (χ1) is 12.5. The second kappa shape index (κ2) is 6.86. The number of aromatic nitrogens is 2. The molecule has 0 spiro atoms. The fourth-order valence-electron chi connectivity index (χ4n) is 3.51. The molecule has 26 heavy (non-hydrogen) atoms. The summed E-state index contributed by atoms with van der Waals surface area (Å²) in [5.41, 5.74) is 3.63. The van der Waals surface area contributed by atoms with Crippen molar-refractivity contribution in [3.8, 4) is 0 Å². The number of aryl methyl sites for hydroxylation is 1. The van der Waals surface area contributed by atoms with Crippen molar-refractivity contribution < 1.29 is 0 Å². The zero-order valence-electron chi connectivity index (χ0n) is 15.0. The molecule has 2 aromatic heterocycles. The van der Waals surface area contributed by atoms with Gasteiger partial charge in [-0.15, -0.1) is 0 Å². The average molecular weight is 368 g/mol. The molecule has 134 valence electrons. The third-order valence-corrected chi connectivity index (χ3v) is 5.42. The summed E-state index contributed by atoms with van der Waals surface area (Å²) >= 11 is 6.41. The quantitative estimate of drug-likeness (QED) is 0.671. The number of nitrogens with zero attached hydrogens (tertiary/aromatic N) is 3. The first-order valence-electron chi connectivity index (χ1n) is 9.02. The lowest BCUT2D eigenvalue weighted by Crippen LogP contribution is -2.30. The van der Waals surface area contributed by atoms with Crippen LogP contribution in [0.3, 0.4) is 0 Å². The molecule has 1 fully saturated rings. The van der Waals surface area contributed by atoms with Gasteiger partial charge in [-0.3, -0.25) is 14.1 Å². The minimum atomic E-state index is -0.0326. The Bertz CT molecular complexity index is 1010. The Labute approximate surface area is 158 Å². The molecule has 4 rings (SSSR count). The molecule has 3 aromatic rings. The van der Waals surface area contributed by atoms with E-state index in [2.05, 4.69) is 17.9 Å². The molecule has 4 nitrogen and oxygen atoms in total. The molecule has 0 saturated heterocycles. The SMILES string of the molecule is Cc1ccc2nc(CN(C3CC3)C(C)c3ccccc3Cl)cc(=O)n2c1. The third-order valence-electron chi connectivity index (χ3n) is 5.07. The predicted molar refractivity (Wildman–Crippen MR) is 105 cm³/mol. The van der Waals surface area contributed by atoms with Gasteiger partial charge >= 0.3 is 0 Å². The first-order valence-corrected chi connectivity index (χ1v) is 9.40. The molecule has 0 aliphatic heterocycles. The summed E-state index contributed by atoms with van der Waals surface area (Å²) in [7, 11) is 0. The van der Waals surface area contributed by atoms with E-state index in [0.717, 1.165) is 21.8 Å². The van der Waals surface area contributed by atoms with Crippen molar-refractivity contribution in [2.45, 2.75) is 45.3 Å². The Kier molecular flexibility index (Phi) is 4.55. The lowest BCUT2D eigenvalue weighted by atomic mass is 10.1. The molecule has 1 atom stereocenters. The molecule has 1 unspecified atom stereocenters. The highest BCUT2D eigenvalue weighted by Gasteiger charge is 2.33. The number of hydrogen-bond acceptors (Lipinski definition) is 3. The van der Waals surface area contributed by atoms with E-state index in [1.807, 2.05) is 43.5 Å². The molecule has 0 bridgehead atoms. The number of halogens is 1. The van der Waals surface area contributed by atoms with Crippen LogP contribution in [0.25, 0.3) is 5.65 Å². The Morgan fingerprint density at radius 2 is 2.04 bits per heavy atom. The summed E-state index contributed by atoms with van der Waals surface area (Å²) in [6.45, 7) is 4.80. The molecule has 0 N–H and O–H groups in total. The molecule has 0 amide bonds.